The van der Waals surface area contributed by atoms with E-state index in [1.165, 1.54) is 0 Å². The average Bonchev–Trinajstić information content (AvgIpc) is 2.62. The second-order valence-electron chi connectivity index (χ2n) is 3.81. The summed E-state index contributed by atoms with van der Waals surface area (Å²) < 4.78 is 1.95. The summed E-state index contributed by atoms with van der Waals surface area (Å²) in [5, 5.41) is 17.7. The van der Waals surface area contributed by atoms with Gasteiger partial charge in [-0.3, -0.25) is 4.57 Å². The summed E-state index contributed by atoms with van der Waals surface area (Å²) in [6, 6.07) is 8.04. The van der Waals surface area contributed by atoms with Crippen LogP contribution in [-0.4, -0.2) is 26.0 Å². The van der Waals surface area contributed by atoms with Crippen LogP contribution in [0.15, 0.2) is 30.6 Å². The molecule has 1 aliphatic rings. The van der Waals surface area contributed by atoms with Crippen LogP contribution >= 0.6 is 0 Å². The van der Waals surface area contributed by atoms with Gasteiger partial charge in [-0.25, -0.2) is 0 Å². The van der Waals surface area contributed by atoms with E-state index in [0.717, 1.165) is 17.1 Å². The summed E-state index contributed by atoms with van der Waals surface area (Å²) in [6.45, 7) is 0. The molecule has 76 valence electrons. The highest BCUT2D eigenvalue weighted by Crippen LogP contribution is 2.22. The maximum atomic E-state index is 9.82. The first-order valence-electron chi connectivity index (χ1n) is 5.00. The number of aromatic nitrogens is 3. The van der Waals surface area contributed by atoms with Crippen molar-refractivity contribution in [2.75, 3.05) is 0 Å². The van der Waals surface area contributed by atoms with E-state index < -0.39 is 0 Å². The van der Waals surface area contributed by atoms with Gasteiger partial charge in [0.15, 0.2) is 0 Å². The fraction of sp³-hybridized carbons (Fsp3) is 0.273. The Bertz CT molecular complexity index is 492. The highest BCUT2D eigenvalue weighted by molar-refractivity contribution is 5.43. The van der Waals surface area contributed by atoms with E-state index in [9.17, 15) is 5.11 Å². The summed E-state index contributed by atoms with van der Waals surface area (Å²) in [4.78, 5) is 0. The van der Waals surface area contributed by atoms with Crippen molar-refractivity contribution in [3.63, 3.8) is 0 Å². The second kappa shape index (κ2) is 3.17. The van der Waals surface area contributed by atoms with Gasteiger partial charge in [0.2, 0.25) is 0 Å². The molecule has 0 aliphatic carbocycles. The Labute approximate surface area is 87.2 Å². The molecule has 2 heterocycles. The molecule has 2 aromatic rings. The fourth-order valence-electron chi connectivity index (χ4n) is 2.05. The van der Waals surface area contributed by atoms with Crippen LogP contribution in [0, 0.1) is 0 Å². The van der Waals surface area contributed by atoms with Crippen molar-refractivity contribution in [2.45, 2.75) is 18.9 Å². The molecule has 4 nitrogen and oxygen atoms in total. The lowest BCUT2D eigenvalue weighted by Crippen LogP contribution is -2.13. The number of benzene rings is 1. The Kier molecular flexibility index (Phi) is 1.82. The second-order valence-corrected chi connectivity index (χ2v) is 3.81. The number of nitrogens with zero attached hydrogens (tertiary/aromatic N) is 3. The topological polar surface area (TPSA) is 50.9 Å². The van der Waals surface area contributed by atoms with E-state index in [1.807, 2.05) is 28.8 Å². The van der Waals surface area contributed by atoms with Crippen LogP contribution in [0.25, 0.3) is 5.69 Å². The summed E-state index contributed by atoms with van der Waals surface area (Å²) in [5.74, 6) is 0.826. The number of hydrogen-bond donors (Lipinski definition) is 1. The zero-order valence-electron chi connectivity index (χ0n) is 8.17. The van der Waals surface area contributed by atoms with Crippen molar-refractivity contribution in [2.24, 2.45) is 0 Å². The molecule has 1 atom stereocenters. The van der Waals surface area contributed by atoms with Crippen molar-refractivity contribution in [3.05, 3.63) is 42.0 Å². The number of aliphatic hydroxyl groups is 1. The maximum Gasteiger partial charge on any atom is 0.140 e. The van der Waals surface area contributed by atoms with Crippen LogP contribution in [0.1, 0.15) is 11.4 Å². The van der Waals surface area contributed by atoms with E-state index in [4.69, 9.17) is 0 Å². The van der Waals surface area contributed by atoms with Crippen LogP contribution in [0.5, 0.6) is 0 Å². The first-order valence-corrected chi connectivity index (χ1v) is 5.00. The molecule has 0 fully saturated rings. The van der Waals surface area contributed by atoms with Crippen LogP contribution in [-0.2, 0) is 12.8 Å². The zero-order valence-corrected chi connectivity index (χ0v) is 8.17. The standard InChI is InChI=1S/C11H11N3O/c15-9-5-8-3-1-2-4-10(8)14-7-12-13-11(14)6-9/h1-4,7,9,15H,5-6H2. The monoisotopic (exact) mass is 201 g/mol. The Morgan fingerprint density at radius 3 is 3.07 bits per heavy atom. The molecular formula is C11H11N3O. The third kappa shape index (κ3) is 1.34. The number of rotatable bonds is 0. The molecule has 1 unspecified atom stereocenters. The maximum absolute atomic E-state index is 9.82. The Hall–Kier alpha value is -1.68. The zero-order chi connectivity index (χ0) is 10.3. The van der Waals surface area contributed by atoms with Crippen molar-refractivity contribution in [1.82, 2.24) is 14.8 Å². The lowest BCUT2D eigenvalue weighted by Gasteiger charge is -2.07. The molecule has 4 heteroatoms. The molecule has 1 aromatic carbocycles. The first-order chi connectivity index (χ1) is 7.34. The van der Waals surface area contributed by atoms with Crippen molar-refractivity contribution < 1.29 is 5.11 Å². The fourth-order valence-corrected chi connectivity index (χ4v) is 2.05. The number of para-hydroxylation sites is 1. The van der Waals surface area contributed by atoms with Gasteiger partial charge in [-0.2, -0.15) is 0 Å². The molecule has 0 amide bonds. The van der Waals surface area contributed by atoms with Gasteiger partial charge >= 0.3 is 0 Å². The molecule has 1 aromatic heterocycles. The normalized spacial score (nSPS) is 19.1. The highest BCUT2D eigenvalue weighted by atomic mass is 16.3. The van der Waals surface area contributed by atoms with E-state index in [1.54, 1.807) is 6.33 Å². The van der Waals surface area contributed by atoms with E-state index >= 15 is 0 Å². The van der Waals surface area contributed by atoms with Gasteiger partial charge < -0.3 is 5.11 Å². The minimum absolute atomic E-state index is 0.364. The molecule has 0 radical (unpaired) electrons. The lowest BCUT2D eigenvalue weighted by atomic mass is 10.1. The van der Waals surface area contributed by atoms with Crippen molar-refractivity contribution in [1.29, 1.82) is 0 Å². The van der Waals surface area contributed by atoms with Gasteiger partial charge in [0.1, 0.15) is 12.2 Å². The van der Waals surface area contributed by atoms with Gasteiger partial charge in [-0.05, 0) is 11.6 Å². The van der Waals surface area contributed by atoms with E-state index in [0.29, 0.717) is 12.8 Å². The number of hydrogen-bond acceptors (Lipinski definition) is 3. The third-order valence-corrected chi connectivity index (χ3v) is 2.74. The molecule has 1 N–H and O–H groups in total. The largest absolute Gasteiger partial charge is 0.392 e. The summed E-state index contributed by atoms with van der Waals surface area (Å²) >= 11 is 0. The summed E-state index contributed by atoms with van der Waals surface area (Å²) in [6.07, 6.45) is 2.58. The van der Waals surface area contributed by atoms with Gasteiger partial charge in [-0.15, -0.1) is 10.2 Å². The molecule has 15 heavy (non-hydrogen) atoms. The average molecular weight is 201 g/mol. The van der Waals surface area contributed by atoms with Gasteiger partial charge in [0.25, 0.3) is 0 Å². The molecule has 0 saturated carbocycles. The van der Waals surface area contributed by atoms with Gasteiger partial charge in [0.05, 0.1) is 11.8 Å². The summed E-state index contributed by atoms with van der Waals surface area (Å²) in [7, 11) is 0. The van der Waals surface area contributed by atoms with Gasteiger partial charge in [0, 0.05) is 12.8 Å². The molecular weight excluding hydrogens is 190 g/mol. The van der Waals surface area contributed by atoms with Crippen molar-refractivity contribution in [3.8, 4) is 5.69 Å². The Morgan fingerprint density at radius 2 is 2.13 bits per heavy atom. The van der Waals surface area contributed by atoms with Gasteiger partial charge in [-0.1, -0.05) is 18.2 Å². The lowest BCUT2D eigenvalue weighted by molar-refractivity contribution is 0.174. The minimum Gasteiger partial charge on any atom is -0.392 e. The number of fused-ring (bicyclic) bond motifs is 3. The molecule has 0 spiro atoms. The molecule has 1 aliphatic heterocycles. The SMILES string of the molecule is OC1Cc2ccccc2-n2cnnc2C1. The Balaban J connectivity index is 2.25. The first kappa shape index (κ1) is 8.61. The smallest absolute Gasteiger partial charge is 0.140 e. The highest BCUT2D eigenvalue weighted by Gasteiger charge is 2.19. The molecule has 0 saturated heterocycles. The molecule has 3 rings (SSSR count). The van der Waals surface area contributed by atoms with Crippen LogP contribution in [0.2, 0.25) is 0 Å². The quantitative estimate of drug-likeness (QED) is 0.683. The molecule has 0 bridgehead atoms. The van der Waals surface area contributed by atoms with E-state index in [-0.39, 0.29) is 6.10 Å². The van der Waals surface area contributed by atoms with Crippen LogP contribution < -0.4 is 0 Å². The summed E-state index contributed by atoms with van der Waals surface area (Å²) in [5.41, 5.74) is 2.22. The minimum atomic E-state index is -0.364. The van der Waals surface area contributed by atoms with Crippen molar-refractivity contribution >= 4 is 0 Å². The third-order valence-electron chi connectivity index (χ3n) is 2.74. The predicted molar refractivity (Wildman–Crippen MR) is 54.8 cm³/mol. The Morgan fingerprint density at radius 1 is 1.27 bits per heavy atom. The van der Waals surface area contributed by atoms with Crippen LogP contribution in [0.4, 0.5) is 0 Å². The van der Waals surface area contributed by atoms with E-state index in [2.05, 4.69) is 10.2 Å². The number of aliphatic hydroxyl groups excluding tert-OH is 1. The predicted octanol–water partition coefficient (Wildman–Crippen LogP) is 0.727. The van der Waals surface area contributed by atoms with Crippen LogP contribution in [0.3, 0.4) is 0 Å².